The Labute approximate surface area is 205 Å². The fourth-order valence-corrected chi connectivity index (χ4v) is 3.97. The number of rotatable bonds is 7. The third kappa shape index (κ3) is 5.28. The van der Waals surface area contributed by atoms with Crippen LogP contribution >= 0.6 is 11.3 Å². The number of amides is 1. The number of benzene rings is 1. The lowest BCUT2D eigenvalue weighted by atomic mass is 10.2. The second-order valence-electron chi connectivity index (χ2n) is 7.81. The van der Waals surface area contributed by atoms with E-state index in [1.807, 2.05) is 4.90 Å². The molecule has 2 atom stereocenters. The van der Waals surface area contributed by atoms with Crippen LogP contribution in [0, 0.1) is 5.82 Å². The highest BCUT2D eigenvalue weighted by molar-refractivity contribution is 7.18. The number of halogens is 1. The van der Waals surface area contributed by atoms with Gasteiger partial charge in [-0.25, -0.2) is 9.37 Å². The van der Waals surface area contributed by atoms with Crippen molar-refractivity contribution in [1.29, 1.82) is 0 Å². The molecule has 182 valence electrons. The van der Waals surface area contributed by atoms with Crippen LogP contribution in [0.5, 0.6) is 11.8 Å². The summed E-state index contributed by atoms with van der Waals surface area (Å²) in [4.78, 5) is 33.4. The molecule has 2 unspecified atom stereocenters. The van der Waals surface area contributed by atoms with Crippen molar-refractivity contribution in [2.75, 3.05) is 37.9 Å². The maximum absolute atomic E-state index is 14.8. The molecule has 1 aliphatic heterocycles. The van der Waals surface area contributed by atoms with Gasteiger partial charge in [0.1, 0.15) is 0 Å². The van der Waals surface area contributed by atoms with Gasteiger partial charge in [-0.3, -0.25) is 4.79 Å². The molecule has 1 saturated heterocycles. The van der Waals surface area contributed by atoms with E-state index in [0.29, 0.717) is 23.2 Å². The topological polar surface area (TPSA) is 120 Å². The molecule has 3 heterocycles. The van der Waals surface area contributed by atoms with Gasteiger partial charge < -0.3 is 25.0 Å². The van der Waals surface area contributed by atoms with E-state index in [4.69, 9.17) is 15.2 Å². The van der Waals surface area contributed by atoms with Crippen LogP contribution in [-0.4, -0.2) is 70.1 Å². The van der Waals surface area contributed by atoms with Crippen LogP contribution in [0.3, 0.4) is 0 Å². The van der Waals surface area contributed by atoms with E-state index < -0.39 is 5.82 Å². The van der Waals surface area contributed by atoms with Crippen LogP contribution in [0.25, 0.3) is 10.7 Å². The molecule has 4 rings (SSSR count). The smallest absolute Gasteiger partial charge is 0.327 e. The lowest BCUT2D eigenvalue weighted by Crippen LogP contribution is -2.49. The van der Waals surface area contributed by atoms with Gasteiger partial charge in [-0.1, -0.05) is 23.5 Å². The van der Waals surface area contributed by atoms with Gasteiger partial charge in [0, 0.05) is 19.7 Å². The first-order chi connectivity index (χ1) is 16.8. The summed E-state index contributed by atoms with van der Waals surface area (Å²) in [5.74, 6) is -0.647. The number of nitrogens with zero attached hydrogens (tertiary/aromatic N) is 6. The van der Waals surface area contributed by atoms with Crippen molar-refractivity contribution < 1.29 is 18.7 Å². The van der Waals surface area contributed by atoms with Gasteiger partial charge in [0.25, 0.3) is 5.91 Å². The van der Waals surface area contributed by atoms with E-state index in [-0.39, 0.29) is 47.1 Å². The van der Waals surface area contributed by atoms with E-state index in [9.17, 15) is 9.18 Å². The standard InChI is InChI=1S/C23H24FN7O3S/c1-5-14-12-33-15(6-2)11-31(14)22-27-19(18-10-26-21(25)35-18)28-23(29-22)34-17-8-7-13(9-16(17)24)20(32)30(3)4/h5-10,14-15H,1-2,11-12H2,3-4H3,(H2,25,26). The number of hydrogen-bond acceptors (Lipinski definition) is 10. The van der Waals surface area contributed by atoms with Crippen molar-refractivity contribution in [3.63, 3.8) is 0 Å². The summed E-state index contributed by atoms with van der Waals surface area (Å²) in [6.45, 7) is 8.46. The molecule has 1 aromatic carbocycles. The monoisotopic (exact) mass is 497 g/mol. The molecular weight excluding hydrogens is 473 g/mol. The maximum atomic E-state index is 14.8. The van der Waals surface area contributed by atoms with Crippen LogP contribution in [0.1, 0.15) is 10.4 Å². The fraction of sp³-hybridized carbons (Fsp3) is 0.261. The first kappa shape index (κ1) is 24.2. The maximum Gasteiger partial charge on any atom is 0.327 e. The molecule has 0 saturated carbocycles. The van der Waals surface area contributed by atoms with Gasteiger partial charge in [-0.05, 0) is 18.2 Å². The van der Waals surface area contributed by atoms with Crippen molar-refractivity contribution in [1.82, 2.24) is 24.8 Å². The number of morpholine rings is 1. The molecule has 35 heavy (non-hydrogen) atoms. The Kier molecular flexibility index (Phi) is 7.03. The Morgan fingerprint density at radius 1 is 1.31 bits per heavy atom. The largest absolute Gasteiger partial charge is 0.421 e. The number of anilines is 2. The summed E-state index contributed by atoms with van der Waals surface area (Å²) >= 11 is 1.20. The molecule has 3 aromatic rings. The second kappa shape index (κ2) is 10.2. The number of aromatic nitrogens is 4. The van der Waals surface area contributed by atoms with Crippen molar-refractivity contribution in [3.05, 3.63) is 61.1 Å². The lowest BCUT2D eigenvalue weighted by molar-refractivity contribution is 0.0568. The summed E-state index contributed by atoms with van der Waals surface area (Å²) in [5.41, 5.74) is 5.98. The van der Waals surface area contributed by atoms with Crippen LogP contribution in [0.15, 0.2) is 49.7 Å². The molecule has 1 fully saturated rings. The number of carbonyl (C=O) groups is 1. The molecule has 1 aliphatic rings. The Morgan fingerprint density at radius 2 is 2.11 bits per heavy atom. The quantitative estimate of drug-likeness (QED) is 0.491. The van der Waals surface area contributed by atoms with E-state index in [2.05, 4.69) is 33.1 Å². The van der Waals surface area contributed by atoms with Gasteiger partial charge in [0.05, 0.1) is 36.4 Å². The van der Waals surface area contributed by atoms with E-state index >= 15 is 0 Å². The number of nitrogens with two attached hydrogens (primary N) is 1. The number of ether oxygens (including phenoxy) is 2. The number of hydrogen-bond donors (Lipinski definition) is 1. The van der Waals surface area contributed by atoms with E-state index in [1.165, 1.54) is 28.4 Å². The summed E-state index contributed by atoms with van der Waals surface area (Å²) in [6.07, 6.45) is 4.73. The van der Waals surface area contributed by atoms with Crippen molar-refractivity contribution in [2.24, 2.45) is 0 Å². The van der Waals surface area contributed by atoms with Crippen LogP contribution in [0.4, 0.5) is 15.5 Å². The average Bonchev–Trinajstić information content (AvgIpc) is 3.30. The van der Waals surface area contributed by atoms with Gasteiger partial charge in [-0.2, -0.15) is 15.0 Å². The highest BCUT2D eigenvalue weighted by Crippen LogP contribution is 2.31. The van der Waals surface area contributed by atoms with E-state index in [1.54, 1.807) is 32.4 Å². The number of nitrogen functional groups attached to an aromatic ring is 1. The third-order valence-corrected chi connectivity index (χ3v) is 6.01. The van der Waals surface area contributed by atoms with Gasteiger partial charge in [-0.15, -0.1) is 13.2 Å². The summed E-state index contributed by atoms with van der Waals surface area (Å²) in [6, 6.07) is 3.59. The van der Waals surface area contributed by atoms with Gasteiger partial charge >= 0.3 is 6.01 Å². The normalized spacial score (nSPS) is 17.6. The minimum Gasteiger partial charge on any atom is -0.421 e. The minimum atomic E-state index is -0.731. The minimum absolute atomic E-state index is 0.132. The average molecular weight is 498 g/mol. The molecule has 0 spiro atoms. The molecule has 12 heteroatoms. The first-order valence-corrected chi connectivity index (χ1v) is 11.4. The number of carbonyl (C=O) groups excluding carboxylic acids is 1. The zero-order chi connectivity index (χ0) is 25.1. The van der Waals surface area contributed by atoms with Crippen LogP contribution < -0.4 is 15.4 Å². The van der Waals surface area contributed by atoms with Gasteiger partial charge in [0.2, 0.25) is 5.95 Å². The summed E-state index contributed by atoms with van der Waals surface area (Å²) < 4.78 is 26.3. The Balaban J connectivity index is 1.73. The zero-order valence-electron chi connectivity index (χ0n) is 19.2. The molecule has 10 nitrogen and oxygen atoms in total. The zero-order valence-corrected chi connectivity index (χ0v) is 20.0. The first-order valence-electron chi connectivity index (χ1n) is 10.6. The summed E-state index contributed by atoms with van der Waals surface area (Å²) in [5, 5.41) is 0.346. The Morgan fingerprint density at radius 3 is 2.74 bits per heavy atom. The van der Waals surface area contributed by atoms with Crippen molar-refractivity contribution in [2.45, 2.75) is 12.1 Å². The molecule has 0 radical (unpaired) electrons. The van der Waals surface area contributed by atoms with Crippen molar-refractivity contribution >= 4 is 28.3 Å². The molecule has 0 bridgehead atoms. The molecule has 2 aromatic heterocycles. The van der Waals surface area contributed by atoms with Crippen LogP contribution in [0.2, 0.25) is 0 Å². The number of thiazole rings is 1. The third-order valence-electron chi connectivity index (χ3n) is 5.18. The van der Waals surface area contributed by atoms with E-state index in [0.717, 1.165) is 6.07 Å². The molecule has 0 aliphatic carbocycles. The van der Waals surface area contributed by atoms with Gasteiger partial charge in [0.15, 0.2) is 22.5 Å². The van der Waals surface area contributed by atoms with Crippen molar-refractivity contribution in [3.8, 4) is 22.5 Å². The Bertz CT molecular complexity index is 1270. The molecule has 2 N–H and O–H groups in total. The predicted octanol–water partition coefficient (Wildman–Crippen LogP) is 3.16. The van der Waals surface area contributed by atoms with Crippen LogP contribution in [-0.2, 0) is 4.74 Å². The lowest BCUT2D eigenvalue weighted by Gasteiger charge is -2.37. The highest BCUT2D eigenvalue weighted by Gasteiger charge is 2.29. The predicted molar refractivity (Wildman–Crippen MR) is 131 cm³/mol. The second-order valence-corrected chi connectivity index (χ2v) is 8.88. The molecular formula is C23H24FN7O3S. The Hall–Kier alpha value is -3.90. The highest BCUT2D eigenvalue weighted by atomic mass is 32.1. The fourth-order valence-electron chi connectivity index (χ4n) is 3.36. The SMILES string of the molecule is C=CC1CN(c2nc(Oc3ccc(C(=O)N(C)C)cc3F)nc(-c3cnc(N)s3)n2)C(C=C)CO1. The molecule has 1 amide bonds. The summed E-state index contributed by atoms with van der Waals surface area (Å²) in [7, 11) is 3.17.